The Morgan fingerprint density at radius 2 is 1.76 bits per heavy atom. The molecule has 4 nitrogen and oxygen atoms in total. The first-order valence-corrected chi connectivity index (χ1v) is 8.32. The zero-order valence-electron chi connectivity index (χ0n) is 13.4. The third kappa shape index (κ3) is 4.50. The van der Waals surface area contributed by atoms with Crippen LogP contribution in [0.4, 0.5) is 17.1 Å². The van der Waals surface area contributed by atoms with Crippen LogP contribution >= 0.6 is 23.2 Å². The predicted molar refractivity (Wildman–Crippen MR) is 103 cm³/mol. The van der Waals surface area contributed by atoms with E-state index in [2.05, 4.69) is 15.6 Å². The number of benzene rings is 2. The molecule has 2 aromatic carbocycles. The molecule has 0 aliphatic carbocycles. The predicted octanol–water partition coefficient (Wildman–Crippen LogP) is 5.69. The van der Waals surface area contributed by atoms with E-state index in [1.807, 2.05) is 25.1 Å². The number of carbonyl (C=O) groups excluding carboxylic acids is 1. The summed E-state index contributed by atoms with van der Waals surface area (Å²) in [6.45, 7) is 1.90. The lowest BCUT2D eigenvalue weighted by Crippen LogP contribution is -2.13. The van der Waals surface area contributed by atoms with Gasteiger partial charge in [-0.1, -0.05) is 35.3 Å². The number of rotatable bonds is 4. The smallest absolute Gasteiger partial charge is 0.257 e. The zero-order valence-corrected chi connectivity index (χ0v) is 14.9. The average Bonchev–Trinajstić information content (AvgIpc) is 2.58. The van der Waals surface area contributed by atoms with Gasteiger partial charge < -0.3 is 10.6 Å². The van der Waals surface area contributed by atoms with Gasteiger partial charge in [-0.05, 0) is 48.9 Å². The van der Waals surface area contributed by atoms with Crippen molar-refractivity contribution in [1.82, 2.24) is 4.98 Å². The molecule has 0 radical (unpaired) electrons. The SMILES string of the molecule is Cc1ccc(Cl)cc1NC(=O)c1cncc(Nc2cccc(Cl)c2)c1. The van der Waals surface area contributed by atoms with Crippen LogP contribution in [0, 0.1) is 6.92 Å². The molecule has 6 heteroatoms. The minimum absolute atomic E-state index is 0.257. The van der Waals surface area contributed by atoms with Crippen LogP contribution < -0.4 is 10.6 Å². The second-order valence-electron chi connectivity index (χ2n) is 5.51. The fourth-order valence-electron chi connectivity index (χ4n) is 2.29. The van der Waals surface area contributed by atoms with Crippen LogP contribution in [-0.4, -0.2) is 10.9 Å². The maximum atomic E-state index is 12.5. The van der Waals surface area contributed by atoms with E-state index >= 15 is 0 Å². The molecule has 2 N–H and O–H groups in total. The van der Waals surface area contributed by atoms with Crippen LogP contribution in [0.1, 0.15) is 15.9 Å². The van der Waals surface area contributed by atoms with Gasteiger partial charge in [0.25, 0.3) is 5.91 Å². The summed E-state index contributed by atoms with van der Waals surface area (Å²) in [5.74, 6) is -0.257. The highest BCUT2D eigenvalue weighted by Crippen LogP contribution is 2.23. The van der Waals surface area contributed by atoms with Crippen LogP contribution in [0.5, 0.6) is 0 Å². The van der Waals surface area contributed by atoms with Crippen molar-refractivity contribution >= 4 is 46.2 Å². The molecule has 0 saturated heterocycles. The van der Waals surface area contributed by atoms with E-state index < -0.39 is 0 Å². The Morgan fingerprint density at radius 1 is 0.960 bits per heavy atom. The molecule has 126 valence electrons. The van der Waals surface area contributed by atoms with Gasteiger partial charge in [-0.3, -0.25) is 9.78 Å². The van der Waals surface area contributed by atoms with E-state index in [-0.39, 0.29) is 5.91 Å². The lowest BCUT2D eigenvalue weighted by Gasteiger charge is -2.10. The van der Waals surface area contributed by atoms with Crippen molar-refractivity contribution in [3.8, 4) is 0 Å². The molecule has 0 aliphatic rings. The first kappa shape index (κ1) is 17.3. The molecule has 25 heavy (non-hydrogen) atoms. The van der Waals surface area contributed by atoms with Gasteiger partial charge in [0.1, 0.15) is 0 Å². The first-order chi connectivity index (χ1) is 12.0. The molecule has 0 bridgehead atoms. The number of aromatic nitrogens is 1. The van der Waals surface area contributed by atoms with Gasteiger partial charge in [0, 0.05) is 27.6 Å². The van der Waals surface area contributed by atoms with Crippen LogP contribution in [0.15, 0.2) is 60.9 Å². The van der Waals surface area contributed by atoms with Crippen molar-refractivity contribution in [3.05, 3.63) is 82.1 Å². The second kappa shape index (κ2) is 7.55. The summed E-state index contributed by atoms with van der Waals surface area (Å²) in [6, 6.07) is 14.4. The maximum Gasteiger partial charge on any atom is 0.257 e. The molecule has 3 aromatic rings. The average molecular weight is 372 g/mol. The zero-order chi connectivity index (χ0) is 17.8. The van der Waals surface area contributed by atoms with Crippen LogP contribution in [0.3, 0.4) is 0 Å². The fourth-order valence-corrected chi connectivity index (χ4v) is 2.65. The summed E-state index contributed by atoms with van der Waals surface area (Å²) in [5, 5.41) is 7.22. The number of nitrogens with zero attached hydrogens (tertiary/aromatic N) is 1. The molecule has 1 amide bonds. The minimum atomic E-state index is -0.257. The number of anilines is 3. The first-order valence-electron chi connectivity index (χ1n) is 7.56. The minimum Gasteiger partial charge on any atom is -0.354 e. The molecule has 0 saturated carbocycles. The van der Waals surface area contributed by atoms with Gasteiger partial charge in [0.2, 0.25) is 0 Å². The van der Waals surface area contributed by atoms with E-state index in [0.717, 1.165) is 11.3 Å². The van der Waals surface area contributed by atoms with Crippen molar-refractivity contribution < 1.29 is 4.79 Å². The third-order valence-electron chi connectivity index (χ3n) is 3.56. The topological polar surface area (TPSA) is 54.0 Å². The monoisotopic (exact) mass is 371 g/mol. The van der Waals surface area contributed by atoms with Gasteiger partial charge >= 0.3 is 0 Å². The number of aryl methyl sites for hydroxylation is 1. The van der Waals surface area contributed by atoms with Gasteiger partial charge in [0.05, 0.1) is 17.4 Å². The van der Waals surface area contributed by atoms with Crippen molar-refractivity contribution in [2.45, 2.75) is 6.92 Å². The van der Waals surface area contributed by atoms with E-state index in [1.54, 1.807) is 36.5 Å². The van der Waals surface area contributed by atoms with Gasteiger partial charge in [-0.2, -0.15) is 0 Å². The quantitative estimate of drug-likeness (QED) is 0.618. The van der Waals surface area contributed by atoms with Crippen molar-refractivity contribution in [2.75, 3.05) is 10.6 Å². The molecular formula is C19H15Cl2N3O. The summed E-state index contributed by atoms with van der Waals surface area (Å²) in [4.78, 5) is 16.6. The van der Waals surface area contributed by atoms with E-state index in [1.165, 1.54) is 6.20 Å². The molecule has 0 fully saturated rings. The van der Waals surface area contributed by atoms with Crippen molar-refractivity contribution in [2.24, 2.45) is 0 Å². The van der Waals surface area contributed by atoms with Crippen LogP contribution in [0.25, 0.3) is 0 Å². The summed E-state index contributed by atoms with van der Waals surface area (Å²) in [5.41, 5.74) is 3.55. The Morgan fingerprint density at radius 3 is 2.56 bits per heavy atom. The molecule has 1 heterocycles. The van der Waals surface area contributed by atoms with E-state index in [9.17, 15) is 4.79 Å². The largest absolute Gasteiger partial charge is 0.354 e. The normalized spacial score (nSPS) is 10.4. The lowest BCUT2D eigenvalue weighted by atomic mass is 10.2. The third-order valence-corrected chi connectivity index (χ3v) is 4.03. The Labute approximate surface area is 155 Å². The van der Waals surface area contributed by atoms with Gasteiger partial charge in [-0.15, -0.1) is 0 Å². The highest BCUT2D eigenvalue weighted by molar-refractivity contribution is 6.31. The Bertz CT molecular complexity index is 928. The highest BCUT2D eigenvalue weighted by Gasteiger charge is 2.10. The molecule has 0 atom stereocenters. The fraction of sp³-hybridized carbons (Fsp3) is 0.0526. The van der Waals surface area contributed by atoms with Crippen molar-refractivity contribution in [3.63, 3.8) is 0 Å². The van der Waals surface area contributed by atoms with Gasteiger partial charge in [0.15, 0.2) is 0 Å². The summed E-state index contributed by atoms with van der Waals surface area (Å²) in [7, 11) is 0. The van der Waals surface area contributed by atoms with Crippen molar-refractivity contribution in [1.29, 1.82) is 0 Å². The maximum absolute atomic E-state index is 12.5. The Balaban J connectivity index is 1.78. The van der Waals surface area contributed by atoms with E-state index in [0.29, 0.717) is 27.0 Å². The number of pyridine rings is 1. The number of halogens is 2. The number of carbonyl (C=O) groups is 1. The summed E-state index contributed by atoms with van der Waals surface area (Å²) >= 11 is 12.0. The molecule has 0 aliphatic heterocycles. The Kier molecular flexibility index (Phi) is 5.22. The molecule has 0 unspecified atom stereocenters. The molecule has 3 rings (SSSR count). The second-order valence-corrected chi connectivity index (χ2v) is 6.38. The Hall–Kier alpha value is -2.56. The van der Waals surface area contributed by atoms with E-state index in [4.69, 9.17) is 23.2 Å². The van der Waals surface area contributed by atoms with Crippen LogP contribution in [0.2, 0.25) is 10.0 Å². The molecule has 0 spiro atoms. The standard InChI is InChI=1S/C19H15Cl2N3O/c1-12-5-6-15(21)9-18(12)24-19(25)13-7-17(11-22-10-13)23-16-4-2-3-14(20)8-16/h2-11,23H,1H3,(H,24,25). The number of nitrogens with one attached hydrogen (secondary N) is 2. The number of hydrogen-bond donors (Lipinski definition) is 2. The highest BCUT2D eigenvalue weighted by atomic mass is 35.5. The number of hydrogen-bond acceptors (Lipinski definition) is 3. The summed E-state index contributed by atoms with van der Waals surface area (Å²) < 4.78 is 0. The summed E-state index contributed by atoms with van der Waals surface area (Å²) in [6.07, 6.45) is 3.15. The lowest BCUT2D eigenvalue weighted by molar-refractivity contribution is 0.102. The van der Waals surface area contributed by atoms with Gasteiger partial charge in [-0.25, -0.2) is 0 Å². The molecular weight excluding hydrogens is 357 g/mol. The van der Waals surface area contributed by atoms with Crippen LogP contribution in [-0.2, 0) is 0 Å². The molecule has 1 aromatic heterocycles. The number of amides is 1.